The molecule has 2 rings (SSSR count). The second-order valence-electron chi connectivity index (χ2n) is 3.94. The highest BCUT2D eigenvalue weighted by Crippen LogP contribution is 2.22. The van der Waals surface area contributed by atoms with Crippen molar-refractivity contribution in [2.45, 2.75) is 12.3 Å². The minimum atomic E-state index is -0.240. The minimum absolute atomic E-state index is 0.240. The average Bonchev–Trinajstić information content (AvgIpc) is 2.32. The molecular weight excluding hydrogens is 281 g/mol. The molecule has 0 heterocycles. The van der Waals surface area contributed by atoms with E-state index in [2.05, 4.69) is 21.2 Å². The highest BCUT2D eigenvalue weighted by Gasteiger charge is 2.03. The summed E-state index contributed by atoms with van der Waals surface area (Å²) in [6, 6.07) is 12.9. The van der Waals surface area contributed by atoms with Gasteiger partial charge in [-0.15, -0.1) is 0 Å². The Morgan fingerprint density at radius 3 is 2.71 bits per heavy atom. The number of hydrogen-bond donors (Lipinski definition) is 1. The van der Waals surface area contributed by atoms with E-state index in [1.54, 1.807) is 6.07 Å². The molecule has 3 heteroatoms. The molecule has 0 saturated heterocycles. The average molecular weight is 294 g/mol. The monoisotopic (exact) mass is 293 g/mol. The summed E-state index contributed by atoms with van der Waals surface area (Å²) < 4.78 is 13.6. The third kappa shape index (κ3) is 3.07. The Kier molecular flexibility index (Phi) is 3.79. The molecule has 0 saturated carbocycles. The Hall–Kier alpha value is -1.35. The van der Waals surface area contributed by atoms with E-state index in [1.165, 1.54) is 6.07 Å². The molecule has 0 fully saturated rings. The maximum Gasteiger partial charge on any atom is 0.146 e. The lowest BCUT2D eigenvalue weighted by Crippen LogP contribution is -1.95. The Morgan fingerprint density at radius 1 is 1.18 bits per heavy atom. The van der Waals surface area contributed by atoms with Gasteiger partial charge < -0.3 is 5.32 Å². The number of halogens is 2. The quantitative estimate of drug-likeness (QED) is 0.804. The van der Waals surface area contributed by atoms with Crippen molar-refractivity contribution in [1.82, 2.24) is 0 Å². The van der Waals surface area contributed by atoms with Crippen LogP contribution in [-0.4, -0.2) is 0 Å². The lowest BCUT2D eigenvalue weighted by molar-refractivity contribution is 0.631. The Balaban J connectivity index is 2.29. The van der Waals surface area contributed by atoms with E-state index >= 15 is 0 Å². The maximum absolute atomic E-state index is 13.6. The maximum atomic E-state index is 13.6. The molecule has 0 aliphatic heterocycles. The van der Waals surface area contributed by atoms with Crippen molar-refractivity contribution in [3.05, 3.63) is 59.4 Å². The highest BCUT2D eigenvalue weighted by atomic mass is 79.9. The zero-order valence-electron chi connectivity index (χ0n) is 9.50. The molecule has 0 amide bonds. The van der Waals surface area contributed by atoms with Crippen LogP contribution in [0.5, 0.6) is 0 Å². The van der Waals surface area contributed by atoms with Crippen molar-refractivity contribution in [2.24, 2.45) is 0 Å². The highest BCUT2D eigenvalue weighted by molar-refractivity contribution is 9.08. The SMILES string of the molecule is Cc1cccc(Nc2cc(CBr)ccc2F)c1. The predicted molar refractivity (Wildman–Crippen MR) is 73.5 cm³/mol. The largest absolute Gasteiger partial charge is 0.353 e. The van der Waals surface area contributed by atoms with Crippen LogP contribution in [0.15, 0.2) is 42.5 Å². The van der Waals surface area contributed by atoms with Gasteiger partial charge in [-0.1, -0.05) is 34.1 Å². The van der Waals surface area contributed by atoms with Crippen molar-refractivity contribution in [3.63, 3.8) is 0 Å². The molecule has 2 aromatic rings. The number of aryl methyl sites for hydroxylation is 1. The summed E-state index contributed by atoms with van der Waals surface area (Å²) in [4.78, 5) is 0. The summed E-state index contributed by atoms with van der Waals surface area (Å²) in [6.07, 6.45) is 0. The van der Waals surface area contributed by atoms with Crippen molar-refractivity contribution in [2.75, 3.05) is 5.32 Å². The van der Waals surface area contributed by atoms with Crippen LogP contribution >= 0.6 is 15.9 Å². The number of hydrogen-bond acceptors (Lipinski definition) is 1. The molecule has 2 aromatic carbocycles. The zero-order chi connectivity index (χ0) is 12.3. The molecular formula is C14H13BrFN. The molecule has 0 spiro atoms. The van der Waals surface area contributed by atoms with E-state index in [4.69, 9.17) is 0 Å². The Bertz CT molecular complexity index is 525. The first-order chi connectivity index (χ1) is 8.19. The fourth-order valence-corrected chi connectivity index (χ4v) is 1.98. The first-order valence-corrected chi connectivity index (χ1v) is 6.49. The molecule has 1 N–H and O–H groups in total. The van der Waals surface area contributed by atoms with Gasteiger partial charge in [0, 0.05) is 11.0 Å². The topological polar surface area (TPSA) is 12.0 Å². The van der Waals surface area contributed by atoms with Gasteiger partial charge in [0.2, 0.25) is 0 Å². The number of alkyl halides is 1. The van der Waals surface area contributed by atoms with Gasteiger partial charge >= 0.3 is 0 Å². The molecule has 0 aliphatic carbocycles. The van der Waals surface area contributed by atoms with Crippen LogP contribution in [-0.2, 0) is 5.33 Å². The van der Waals surface area contributed by atoms with Gasteiger partial charge in [0.15, 0.2) is 0 Å². The standard InChI is InChI=1S/C14H13BrFN/c1-10-3-2-4-12(7-10)17-14-8-11(9-15)5-6-13(14)16/h2-8,17H,9H2,1H3. The lowest BCUT2D eigenvalue weighted by Gasteiger charge is -2.09. The third-order valence-corrected chi connectivity index (χ3v) is 3.13. The molecule has 0 atom stereocenters. The van der Waals surface area contributed by atoms with Gasteiger partial charge in [0.25, 0.3) is 0 Å². The number of rotatable bonds is 3. The van der Waals surface area contributed by atoms with Crippen LogP contribution in [0, 0.1) is 12.7 Å². The summed E-state index contributed by atoms with van der Waals surface area (Å²) >= 11 is 3.36. The molecule has 0 unspecified atom stereocenters. The van der Waals surface area contributed by atoms with E-state index in [0.717, 1.165) is 22.1 Å². The van der Waals surface area contributed by atoms with Gasteiger partial charge in [0.05, 0.1) is 5.69 Å². The van der Waals surface area contributed by atoms with E-state index in [-0.39, 0.29) is 5.82 Å². The summed E-state index contributed by atoms with van der Waals surface area (Å²) in [5.74, 6) is -0.240. The molecule has 17 heavy (non-hydrogen) atoms. The fourth-order valence-electron chi connectivity index (χ4n) is 1.63. The van der Waals surface area contributed by atoms with Gasteiger partial charge in [-0.2, -0.15) is 0 Å². The first kappa shape index (κ1) is 12.1. The van der Waals surface area contributed by atoms with E-state index in [9.17, 15) is 4.39 Å². The smallest absolute Gasteiger partial charge is 0.146 e. The second kappa shape index (κ2) is 5.32. The summed E-state index contributed by atoms with van der Waals surface area (Å²) in [5, 5.41) is 3.81. The lowest BCUT2D eigenvalue weighted by atomic mass is 10.2. The molecule has 0 bridgehead atoms. The third-order valence-electron chi connectivity index (χ3n) is 2.48. The van der Waals surface area contributed by atoms with Gasteiger partial charge in [0.1, 0.15) is 5.82 Å². The minimum Gasteiger partial charge on any atom is -0.353 e. The Morgan fingerprint density at radius 2 is 2.00 bits per heavy atom. The number of benzene rings is 2. The van der Waals surface area contributed by atoms with Crippen molar-refractivity contribution >= 4 is 27.3 Å². The molecule has 0 radical (unpaired) electrons. The van der Waals surface area contributed by atoms with Crippen molar-refractivity contribution in [3.8, 4) is 0 Å². The van der Waals surface area contributed by atoms with Crippen LogP contribution in [0.2, 0.25) is 0 Å². The predicted octanol–water partition coefficient (Wildman–Crippen LogP) is 4.77. The van der Waals surface area contributed by atoms with Crippen molar-refractivity contribution in [1.29, 1.82) is 0 Å². The normalized spacial score (nSPS) is 10.3. The van der Waals surface area contributed by atoms with E-state index < -0.39 is 0 Å². The molecule has 0 aliphatic rings. The summed E-state index contributed by atoms with van der Waals surface area (Å²) in [5.41, 5.74) is 3.59. The van der Waals surface area contributed by atoms with Crippen LogP contribution < -0.4 is 5.32 Å². The van der Waals surface area contributed by atoms with Gasteiger partial charge in [-0.05, 0) is 42.3 Å². The number of nitrogens with one attached hydrogen (secondary N) is 1. The first-order valence-electron chi connectivity index (χ1n) is 5.37. The summed E-state index contributed by atoms with van der Waals surface area (Å²) in [6.45, 7) is 2.01. The zero-order valence-corrected chi connectivity index (χ0v) is 11.1. The van der Waals surface area contributed by atoms with Crippen LogP contribution in [0.25, 0.3) is 0 Å². The number of anilines is 2. The molecule has 1 nitrogen and oxygen atoms in total. The van der Waals surface area contributed by atoms with E-state index in [1.807, 2.05) is 37.3 Å². The van der Waals surface area contributed by atoms with Gasteiger partial charge in [-0.3, -0.25) is 0 Å². The van der Waals surface area contributed by atoms with Crippen molar-refractivity contribution < 1.29 is 4.39 Å². The van der Waals surface area contributed by atoms with Gasteiger partial charge in [-0.25, -0.2) is 4.39 Å². The fraction of sp³-hybridized carbons (Fsp3) is 0.143. The van der Waals surface area contributed by atoms with Crippen LogP contribution in [0.1, 0.15) is 11.1 Å². The summed E-state index contributed by atoms with van der Waals surface area (Å²) in [7, 11) is 0. The van der Waals surface area contributed by atoms with Crippen LogP contribution in [0.4, 0.5) is 15.8 Å². The Labute approximate surface area is 109 Å². The van der Waals surface area contributed by atoms with E-state index in [0.29, 0.717) is 5.69 Å². The molecule has 88 valence electrons. The van der Waals surface area contributed by atoms with Crippen LogP contribution in [0.3, 0.4) is 0 Å². The molecule has 0 aromatic heterocycles. The second-order valence-corrected chi connectivity index (χ2v) is 4.50.